The molecule has 1 heterocycles. The Hall–Kier alpha value is -2.61. The van der Waals surface area contributed by atoms with Crippen LogP contribution in [0.15, 0.2) is 23.2 Å². The van der Waals surface area contributed by atoms with Crippen molar-refractivity contribution >= 4 is 20.2 Å². The molecule has 2 N–H and O–H groups in total. The van der Waals surface area contributed by atoms with Crippen LogP contribution in [0.3, 0.4) is 0 Å². The molecule has 0 saturated carbocycles. The predicted octanol–water partition coefficient (Wildman–Crippen LogP) is 4.19. The number of rotatable bonds is 2. The van der Waals surface area contributed by atoms with Crippen LogP contribution in [0.25, 0.3) is 0 Å². The molecule has 1 aliphatic rings. The molecule has 1 aliphatic heterocycles. The summed E-state index contributed by atoms with van der Waals surface area (Å²) in [7, 11) is -1.81. The number of aliphatic imine (C=N–C) groups is 1. The molecular weight excluding hydrogens is 415 g/mol. The number of nitrogens with one attached hydrogen (secondary N) is 1. The van der Waals surface area contributed by atoms with E-state index < -0.39 is 62.5 Å². The Balaban J connectivity index is 2.58. The SMILES string of the molecule is C[Si](C)(C)C#Cc1ccc(F)c([C@]2(CF)C[C@@H](C(F)(F)F)N=C(NC(=O)O)O2)c1. The molecule has 158 valence electrons. The minimum absolute atomic E-state index is 0.277. The lowest BCUT2D eigenvalue weighted by atomic mass is 9.86. The molecule has 5 nitrogen and oxygen atoms in total. The van der Waals surface area contributed by atoms with E-state index in [0.717, 1.165) is 12.1 Å². The van der Waals surface area contributed by atoms with E-state index >= 15 is 0 Å². The Kier molecular flexibility index (Phi) is 6.27. The molecule has 0 saturated heterocycles. The Morgan fingerprint density at radius 3 is 2.59 bits per heavy atom. The van der Waals surface area contributed by atoms with E-state index in [-0.39, 0.29) is 5.56 Å². The first kappa shape index (κ1) is 22.7. The van der Waals surface area contributed by atoms with Gasteiger partial charge in [-0.25, -0.2) is 23.9 Å². The van der Waals surface area contributed by atoms with Gasteiger partial charge in [0.15, 0.2) is 11.6 Å². The fourth-order valence-corrected chi connectivity index (χ4v) is 3.14. The Morgan fingerprint density at radius 1 is 1.41 bits per heavy atom. The highest BCUT2D eigenvalue weighted by Gasteiger charge is 2.52. The summed E-state index contributed by atoms with van der Waals surface area (Å²) >= 11 is 0. The van der Waals surface area contributed by atoms with Crippen molar-refractivity contribution in [1.82, 2.24) is 5.32 Å². The normalized spacial score (nSPS) is 22.1. The number of amides is 1. The molecule has 0 aromatic heterocycles. The topological polar surface area (TPSA) is 70.9 Å². The Labute approximate surface area is 165 Å². The highest BCUT2D eigenvalue weighted by Crippen LogP contribution is 2.41. The summed E-state index contributed by atoms with van der Waals surface area (Å²) in [5.41, 5.74) is 0.396. The number of amidine groups is 1. The predicted molar refractivity (Wildman–Crippen MR) is 98.4 cm³/mol. The summed E-state index contributed by atoms with van der Waals surface area (Å²) < 4.78 is 73.6. The van der Waals surface area contributed by atoms with Crippen molar-refractivity contribution in [2.24, 2.45) is 4.99 Å². The monoisotopic (exact) mass is 434 g/mol. The van der Waals surface area contributed by atoms with Gasteiger partial charge in [-0.1, -0.05) is 25.6 Å². The van der Waals surface area contributed by atoms with E-state index in [9.17, 15) is 26.7 Å². The van der Waals surface area contributed by atoms with Crippen LogP contribution in [0.1, 0.15) is 17.5 Å². The number of hydrogen-bond donors (Lipinski definition) is 2. The molecule has 1 aromatic rings. The van der Waals surface area contributed by atoms with Crippen LogP contribution >= 0.6 is 0 Å². The van der Waals surface area contributed by atoms with E-state index in [1.807, 2.05) is 19.6 Å². The van der Waals surface area contributed by atoms with Crippen molar-refractivity contribution < 1.29 is 36.6 Å². The van der Waals surface area contributed by atoms with Crippen LogP contribution in [0.5, 0.6) is 0 Å². The molecule has 0 aliphatic carbocycles. The zero-order valence-electron chi connectivity index (χ0n) is 15.8. The minimum atomic E-state index is -4.92. The average molecular weight is 434 g/mol. The van der Waals surface area contributed by atoms with Crippen LogP contribution in [-0.2, 0) is 10.3 Å². The quantitative estimate of drug-likeness (QED) is 0.417. The van der Waals surface area contributed by atoms with Crippen LogP contribution in [0.4, 0.5) is 26.7 Å². The van der Waals surface area contributed by atoms with Gasteiger partial charge in [0, 0.05) is 17.5 Å². The fourth-order valence-electron chi connectivity index (χ4n) is 2.62. The average Bonchev–Trinajstić information content (AvgIpc) is 2.58. The summed E-state index contributed by atoms with van der Waals surface area (Å²) in [6, 6.07) is -0.124. The second-order valence-corrected chi connectivity index (χ2v) is 12.3. The van der Waals surface area contributed by atoms with Crippen molar-refractivity contribution in [1.29, 1.82) is 0 Å². The lowest BCUT2D eigenvalue weighted by Gasteiger charge is -2.38. The Bertz CT molecular complexity index is 886. The van der Waals surface area contributed by atoms with E-state index in [1.54, 1.807) is 5.32 Å². The fraction of sp³-hybridized carbons (Fsp3) is 0.444. The van der Waals surface area contributed by atoms with Gasteiger partial charge in [-0.3, -0.25) is 0 Å². The van der Waals surface area contributed by atoms with Gasteiger partial charge in [-0.05, 0) is 18.2 Å². The molecule has 0 radical (unpaired) electrons. The van der Waals surface area contributed by atoms with E-state index in [0.29, 0.717) is 0 Å². The number of hydrogen-bond acceptors (Lipinski definition) is 3. The first-order valence-corrected chi connectivity index (χ1v) is 12.0. The summed E-state index contributed by atoms with van der Waals surface area (Å²) in [5, 5.41) is 10.3. The van der Waals surface area contributed by atoms with Gasteiger partial charge in [0.05, 0.1) is 0 Å². The molecule has 2 rings (SSSR count). The molecule has 0 fully saturated rings. The number of benzene rings is 1. The van der Waals surface area contributed by atoms with E-state index in [1.165, 1.54) is 6.07 Å². The third-order valence-electron chi connectivity index (χ3n) is 3.93. The lowest BCUT2D eigenvalue weighted by molar-refractivity contribution is -0.167. The first-order chi connectivity index (χ1) is 13.3. The molecule has 0 unspecified atom stereocenters. The van der Waals surface area contributed by atoms with Gasteiger partial charge in [0.2, 0.25) is 0 Å². The molecule has 0 spiro atoms. The van der Waals surface area contributed by atoms with Gasteiger partial charge in [0.1, 0.15) is 20.6 Å². The van der Waals surface area contributed by atoms with Crippen molar-refractivity contribution in [3.05, 3.63) is 35.1 Å². The van der Waals surface area contributed by atoms with Gasteiger partial charge in [-0.15, -0.1) is 5.54 Å². The summed E-state index contributed by atoms with van der Waals surface area (Å²) in [6.07, 6.45) is -7.73. The van der Waals surface area contributed by atoms with Gasteiger partial charge < -0.3 is 9.84 Å². The van der Waals surface area contributed by atoms with Crippen LogP contribution in [-0.4, -0.2) is 44.2 Å². The molecule has 0 bridgehead atoms. The summed E-state index contributed by atoms with van der Waals surface area (Å²) in [4.78, 5) is 14.0. The van der Waals surface area contributed by atoms with Crippen LogP contribution < -0.4 is 5.32 Å². The van der Waals surface area contributed by atoms with Gasteiger partial charge >= 0.3 is 12.3 Å². The standard InChI is InChI=1S/C18H19F5N2O3Si/c1-29(2,3)7-6-11-4-5-13(20)12(8-11)17(10-19)9-14(18(21,22)23)24-15(28-17)25-16(26)27/h4-5,8,14H,9-10H2,1-3H3,(H,24,25)(H,26,27)/t14-,17+/m0/s1. The zero-order valence-corrected chi connectivity index (χ0v) is 16.8. The smallest absolute Gasteiger partial charge is 0.412 e. The summed E-state index contributed by atoms with van der Waals surface area (Å²) in [5.74, 6) is 1.82. The number of nitrogens with zero attached hydrogens (tertiary/aromatic N) is 1. The molecule has 1 aromatic carbocycles. The maximum atomic E-state index is 14.5. The molecule has 1 amide bonds. The molecule has 11 heteroatoms. The Morgan fingerprint density at radius 2 is 2.07 bits per heavy atom. The lowest BCUT2D eigenvalue weighted by Crippen LogP contribution is -2.50. The van der Waals surface area contributed by atoms with Gasteiger partial charge in [-0.2, -0.15) is 13.2 Å². The first-order valence-electron chi connectivity index (χ1n) is 8.48. The third kappa shape index (κ3) is 5.69. The van der Waals surface area contributed by atoms with Crippen molar-refractivity contribution in [2.75, 3.05) is 6.67 Å². The van der Waals surface area contributed by atoms with E-state index in [4.69, 9.17) is 9.84 Å². The van der Waals surface area contributed by atoms with Crippen LogP contribution in [0, 0.1) is 17.3 Å². The minimum Gasteiger partial charge on any atom is -0.465 e. The van der Waals surface area contributed by atoms with Crippen molar-refractivity contribution in [3.63, 3.8) is 0 Å². The van der Waals surface area contributed by atoms with Crippen molar-refractivity contribution in [2.45, 2.75) is 43.9 Å². The largest absolute Gasteiger partial charge is 0.465 e. The number of halogens is 5. The van der Waals surface area contributed by atoms with Crippen molar-refractivity contribution in [3.8, 4) is 11.5 Å². The molecule has 2 atom stereocenters. The zero-order chi connectivity index (χ0) is 22.0. The number of carbonyl (C=O) groups is 1. The second-order valence-electron chi connectivity index (χ2n) is 7.55. The van der Waals surface area contributed by atoms with Gasteiger partial charge in [0.25, 0.3) is 6.02 Å². The van der Waals surface area contributed by atoms with Crippen LogP contribution in [0.2, 0.25) is 19.6 Å². The highest BCUT2D eigenvalue weighted by molar-refractivity contribution is 6.83. The third-order valence-corrected chi connectivity index (χ3v) is 4.81. The maximum absolute atomic E-state index is 14.5. The number of alkyl halides is 4. The molecular formula is C18H19F5N2O3Si. The maximum Gasteiger partial charge on any atom is 0.412 e. The number of carboxylic acid groups (broad SMARTS) is 1. The number of ether oxygens (including phenoxy) is 1. The summed E-state index contributed by atoms with van der Waals surface area (Å²) in [6.45, 7) is 4.35. The van der Waals surface area contributed by atoms with E-state index in [2.05, 4.69) is 16.5 Å². The highest BCUT2D eigenvalue weighted by atomic mass is 28.3. The molecule has 29 heavy (non-hydrogen) atoms. The second kappa shape index (κ2) is 8.02.